The minimum Gasteiger partial charge on any atom is -0.493 e. The summed E-state index contributed by atoms with van der Waals surface area (Å²) in [6.45, 7) is 4.42. The highest BCUT2D eigenvalue weighted by Crippen LogP contribution is 2.31. The Morgan fingerprint density at radius 3 is 2.50 bits per heavy atom. The predicted octanol–water partition coefficient (Wildman–Crippen LogP) is 3.17. The lowest BCUT2D eigenvalue weighted by molar-refractivity contribution is 0.356. The maximum atomic E-state index is 5.28. The van der Waals surface area contributed by atoms with Gasteiger partial charge < -0.3 is 14.5 Å². The first-order valence-electron chi connectivity index (χ1n) is 6.28. The Bertz CT molecular complexity index is 493. The molecule has 0 saturated heterocycles. The van der Waals surface area contributed by atoms with Crippen LogP contribution in [0.25, 0.3) is 11.0 Å². The van der Waals surface area contributed by atoms with Crippen molar-refractivity contribution in [2.24, 2.45) is 5.92 Å². The molecule has 1 atom stereocenters. The number of ether oxygens (including phenoxy) is 2. The molecular formula is C14H20N2O2. The summed E-state index contributed by atoms with van der Waals surface area (Å²) in [6.07, 6.45) is 2.12. The number of fused-ring (bicyclic) bond motifs is 1. The van der Waals surface area contributed by atoms with E-state index in [4.69, 9.17) is 9.47 Å². The van der Waals surface area contributed by atoms with Crippen LogP contribution in [0.2, 0.25) is 0 Å². The first-order valence-corrected chi connectivity index (χ1v) is 6.28. The number of hydrogen-bond acceptors (Lipinski definition) is 3. The zero-order valence-electron chi connectivity index (χ0n) is 11.4. The SMILES string of the molecule is CCC(C)Cc1nc2cc(OC)c(OC)cc2[nH]1. The molecule has 1 heterocycles. The number of rotatable bonds is 5. The molecule has 1 unspecified atom stereocenters. The highest BCUT2D eigenvalue weighted by Gasteiger charge is 2.11. The van der Waals surface area contributed by atoms with Gasteiger partial charge in [-0.15, -0.1) is 0 Å². The first kappa shape index (κ1) is 12.7. The van der Waals surface area contributed by atoms with Crippen LogP contribution >= 0.6 is 0 Å². The van der Waals surface area contributed by atoms with Crippen LogP contribution in [-0.4, -0.2) is 24.2 Å². The van der Waals surface area contributed by atoms with Crippen molar-refractivity contribution in [2.75, 3.05) is 14.2 Å². The molecule has 0 aliphatic heterocycles. The third kappa shape index (κ3) is 2.42. The Morgan fingerprint density at radius 2 is 1.89 bits per heavy atom. The second kappa shape index (κ2) is 5.29. The normalized spacial score (nSPS) is 12.7. The van der Waals surface area contributed by atoms with Crippen LogP contribution in [0.4, 0.5) is 0 Å². The van der Waals surface area contributed by atoms with Gasteiger partial charge in [0.2, 0.25) is 0 Å². The molecule has 1 aromatic carbocycles. The van der Waals surface area contributed by atoms with Crippen molar-refractivity contribution in [3.63, 3.8) is 0 Å². The Labute approximate surface area is 107 Å². The third-order valence-corrected chi connectivity index (χ3v) is 3.27. The molecule has 0 aliphatic rings. The Morgan fingerprint density at radius 1 is 1.22 bits per heavy atom. The second-order valence-electron chi connectivity index (χ2n) is 4.63. The largest absolute Gasteiger partial charge is 0.493 e. The van der Waals surface area contributed by atoms with Crippen LogP contribution in [0.15, 0.2) is 12.1 Å². The van der Waals surface area contributed by atoms with Gasteiger partial charge in [0.25, 0.3) is 0 Å². The van der Waals surface area contributed by atoms with Crippen molar-refractivity contribution in [3.8, 4) is 11.5 Å². The average Bonchev–Trinajstić information content (AvgIpc) is 2.77. The summed E-state index contributed by atoms with van der Waals surface area (Å²) in [6, 6.07) is 3.84. The standard InChI is InChI=1S/C14H20N2O2/c1-5-9(2)6-14-15-10-7-12(17-3)13(18-4)8-11(10)16-14/h7-9H,5-6H2,1-4H3,(H,15,16). The maximum Gasteiger partial charge on any atom is 0.163 e. The number of benzene rings is 1. The van der Waals surface area contributed by atoms with Gasteiger partial charge in [-0.2, -0.15) is 0 Å². The van der Waals surface area contributed by atoms with Gasteiger partial charge in [0.15, 0.2) is 11.5 Å². The summed E-state index contributed by atoms with van der Waals surface area (Å²) in [5, 5.41) is 0. The van der Waals surface area contributed by atoms with Crippen LogP contribution in [-0.2, 0) is 6.42 Å². The third-order valence-electron chi connectivity index (χ3n) is 3.27. The summed E-state index contributed by atoms with van der Waals surface area (Å²) in [4.78, 5) is 7.93. The Kier molecular flexibility index (Phi) is 3.75. The van der Waals surface area contributed by atoms with Crippen LogP contribution < -0.4 is 9.47 Å². The van der Waals surface area contributed by atoms with E-state index in [2.05, 4.69) is 23.8 Å². The van der Waals surface area contributed by atoms with E-state index in [0.717, 1.165) is 35.4 Å². The van der Waals surface area contributed by atoms with Gasteiger partial charge >= 0.3 is 0 Å². The van der Waals surface area contributed by atoms with E-state index in [1.165, 1.54) is 0 Å². The molecule has 0 fully saturated rings. The van der Waals surface area contributed by atoms with Crippen molar-refractivity contribution in [2.45, 2.75) is 26.7 Å². The van der Waals surface area contributed by atoms with E-state index in [1.54, 1.807) is 14.2 Å². The molecule has 4 heteroatoms. The van der Waals surface area contributed by atoms with E-state index in [1.807, 2.05) is 12.1 Å². The predicted molar refractivity (Wildman–Crippen MR) is 72.4 cm³/mol. The molecule has 0 radical (unpaired) electrons. The quantitative estimate of drug-likeness (QED) is 0.884. The summed E-state index contributed by atoms with van der Waals surface area (Å²) in [7, 11) is 3.27. The van der Waals surface area contributed by atoms with Crippen molar-refractivity contribution >= 4 is 11.0 Å². The molecule has 0 saturated carbocycles. The molecule has 0 amide bonds. The smallest absolute Gasteiger partial charge is 0.163 e. The number of hydrogen-bond donors (Lipinski definition) is 1. The van der Waals surface area contributed by atoms with Gasteiger partial charge in [0.05, 0.1) is 25.3 Å². The molecule has 18 heavy (non-hydrogen) atoms. The van der Waals surface area contributed by atoms with Crippen molar-refractivity contribution in [1.82, 2.24) is 9.97 Å². The molecule has 1 aromatic heterocycles. The van der Waals surface area contributed by atoms with Gasteiger partial charge in [0, 0.05) is 18.6 Å². The number of aromatic amines is 1. The minimum absolute atomic E-state index is 0.634. The minimum atomic E-state index is 0.634. The Hall–Kier alpha value is -1.71. The van der Waals surface area contributed by atoms with Crippen LogP contribution in [0, 0.1) is 5.92 Å². The highest BCUT2D eigenvalue weighted by molar-refractivity contribution is 5.79. The van der Waals surface area contributed by atoms with Gasteiger partial charge in [-0.05, 0) is 5.92 Å². The summed E-state index contributed by atoms with van der Waals surface area (Å²) in [5.74, 6) is 3.10. The number of methoxy groups -OCH3 is 2. The van der Waals surface area contributed by atoms with Gasteiger partial charge in [0.1, 0.15) is 5.82 Å². The monoisotopic (exact) mass is 248 g/mol. The van der Waals surface area contributed by atoms with Crippen molar-refractivity contribution < 1.29 is 9.47 Å². The van der Waals surface area contributed by atoms with E-state index in [0.29, 0.717) is 11.7 Å². The fraction of sp³-hybridized carbons (Fsp3) is 0.500. The molecule has 0 aliphatic carbocycles. The van der Waals surface area contributed by atoms with Gasteiger partial charge in [-0.25, -0.2) is 4.98 Å². The number of aromatic nitrogens is 2. The lowest BCUT2D eigenvalue weighted by Crippen LogP contribution is -1.99. The summed E-state index contributed by atoms with van der Waals surface area (Å²) < 4.78 is 10.6. The van der Waals surface area contributed by atoms with Crippen LogP contribution in [0.3, 0.4) is 0 Å². The second-order valence-corrected chi connectivity index (χ2v) is 4.63. The number of nitrogens with one attached hydrogen (secondary N) is 1. The molecule has 0 spiro atoms. The zero-order chi connectivity index (χ0) is 13.1. The summed E-state index contributed by atoms with van der Waals surface area (Å²) in [5.41, 5.74) is 1.91. The molecule has 0 bridgehead atoms. The fourth-order valence-electron chi connectivity index (χ4n) is 1.96. The van der Waals surface area contributed by atoms with E-state index in [-0.39, 0.29) is 0 Å². The van der Waals surface area contributed by atoms with E-state index >= 15 is 0 Å². The highest BCUT2D eigenvalue weighted by atomic mass is 16.5. The van der Waals surface area contributed by atoms with Crippen LogP contribution in [0.1, 0.15) is 26.1 Å². The van der Waals surface area contributed by atoms with Crippen LogP contribution in [0.5, 0.6) is 11.5 Å². The van der Waals surface area contributed by atoms with Crippen molar-refractivity contribution in [3.05, 3.63) is 18.0 Å². The lowest BCUT2D eigenvalue weighted by Gasteiger charge is -2.06. The first-order chi connectivity index (χ1) is 8.67. The van der Waals surface area contributed by atoms with E-state index in [9.17, 15) is 0 Å². The average molecular weight is 248 g/mol. The number of H-pyrrole nitrogens is 1. The van der Waals surface area contributed by atoms with E-state index < -0.39 is 0 Å². The lowest BCUT2D eigenvalue weighted by atomic mass is 10.1. The molecule has 2 aromatic rings. The number of imidazole rings is 1. The molecule has 4 nitrogen and oxygen atoms in total. The Balaban J connectivity index is 2.38. The topological polar surface area (TPSA) is 47.1 Å². The summed E-state index contributed by atoms with van der Waals surface area (Å²) >= 11 is 0. The zero-order valence-corrected chi connectivity index (χ0v) is 11.4. The van der Waals surface area contributed by atoms with Gasteiger partial charge in [-0.3, -0.25) is 0 Å². The van der Waals surface area contributed by atoms with Gasteiger partial charge in [-0.1, -0.05) is 20.3 Å². The molecule has 1 N–H and O–H groups in total. The molecular weight excluding hydrogens is 228 g/mol. The fourth-order valence-corrected chi connectivity index (χ4v) is 1.96. The maximum absolute atomic E-state index is 5.28. The van der Waals surface area contributed by atoms with Crippen molar-refractivity contribution in [1.29, 1.82) is 0 Å². The number of nitrogens with zero attached hydrogens (tertiary/aromatic N) is 1. The molecule has 98 valence electrons. The molecule has 2 rings (SSSR count).